The lowest BCUT2D eigenvalue weighted by Crippen LogP contribution is -2.30. The number of likely N-dealkylation sites (tertiary alicyclic amines) is 1. The Labute approximate surface area is 166 Å². The zero-order valence-corrected chi connectivity index (χ0v) is 16.5. The van der Waals surface area contributed by atoms with E-state index in [9.17, 15) is 9.90 Å². The molecule has 0 aromatic carbocycles. The summed E-state index contributed by atoms with van der Waals surface area (Å²) in [4.78, 5) is 28.0. The van der Waals surface area contributed by atoms with Crippen LogP contribution in [0.4, 0.5) is 10.9 Å². The molecule has 3 aromatic rings. The second-order valence-corrected chi connectivity index (χ2v) is 7.87. The summed E-state index contributed by atoms with van der Waals surface area (Å²) < 4.78 is 0.746. The standard InChI is InChI=1S/C19H22N6O2S/c1-11(12-4-3-6-21-9-12)22-19-23-14-8-15(20-2)28-17(14)16(24-19)18(27)25-7-5-13(26)10-25/h3-4,6,8-9,11,13,20,26H,5,7,10H2,1-2H3,(H,22,23,24)/t11?,13-/m0/s1. The average Bonchev–Trinajstić information content (AvgIpc) is 3.33. The van der Waals surface area contributed by atoms with Gasteiger partial charge in [-0.1, -0.05) is 6.07 Å². The second-order valence-electron chi connectivity index (χ2n) is 6.82. The molecule has 4 heterocycles. The smallest absolute Gasteiger partial charge is 0.274 e. The molecule has 0 saturated carbocycles. The fourth-order valence-electron chi connectivity index (χ4n) is 3.25. The van der Waals surface area contributed by atoms with Gasteiger partial charge in [-0.05, 0) is 31.0 Å². The van der Waals surface area contributed by atoms with Gasteiger partial charge >= 0.3 is 0 Å². The fraction of sp³-hybridized carbons (Fsp3) is 0.368. The van der Waals surface area contributed by atoms with Gasteiger partial charge in [0.25, 0.3) is 5.91 Å². The van der Waals surface area contributed by atoms with Gasteiger partial charge in [0.2, 0.25) is 5.95 Å². The molecular formula is C19H22N6O2S. The van der Waals surface area contributed by atoms with Gasteiger partial charge in [0.05, 0.1) is 27.4 Å². The predicted molar refractivity (Wildman–Crippen MR) is 110 cm³/mol. The number of anilines is 2. The molecule has 1 unspecified atom stereocenters. The molecule has 0 radical (unpaired) electrons. The molecule has 0 spiro atoms. The number of hydrogen-bond acceptors (Lipinski definition) is 8. The number of aromatic nitrogens is 3. The van der Waals surface area contributed by atoms with Gasteiger partial charge in [-0.2, -0.15) is 0 Å². The number of hydrogen-bond donors (Lipinski definition) is 3. The maximum absolute atomic E-state index is 13.1. The van der Waals surface area contributed by atoms with Crippen LogP contribution < -0.4 is 10.6 Å². The number of carbonyl (C=O) groups excluding carboxylic acids is 1. The van der Waals surface area contributed by atoms with Gasteiger partial charge in [0, 0.05) is 32.5 Å². The number of fused-ring (bicyclic) bond motifs is 1. The Balaban J connectivity index is 1.70. The van der Waals surface area contributed by atoms with Crippen LogP contribution in [0.5, 0.6) is 0 Å². The minimum absolute atomic E-state index is 0.0647. The number of aliphatic hydroxyl groups excluding tert-OH is 1. The van der Waals surface area contributed by atoms with Crippen LogP contribution in [0.2, 0.25) is 0 Å². The van der Waals surface area contributed by atoms with Crippen LogP contribution in [0.15, 0.2) is 30.6 Å². The minimum Gasteiger partial charge on any atom is -0.391 e. The lowest BCUT2D eigenvalue weighted by molar-refractivity contribution is 0.0761. The second kappa shape index (κ2) is 7.69. The number of aliphatic hydroxyl groups is 1. The first-order valence-electron chi connectivity index (χ1n) is 9.18. The summed E-state index contributed by atoms with van der Waals surface area (Å²) in [6.45, 7) is 2.86. The van der Waals surface area contributed by atoms with Gasteiger partial charge < -0.3 is 20.6 Å². The molecule has 28 heavy (non-hydrogen) atoms. The summed E-state index contributed by atoms with van der Waals surface area (Å²) in [5, 5.41) is 17.1. The highest BCUT2D eigenvalue weighted by Crippen LogP contribution is 2.32. The summed E-state index contributed by atoms with van der Waals surface area (Å²) in [7, 11) is 1.83. The van der Waals surface area contributed by atoms with Crippen molar-refractivity contribution in [2.24, 2.45) is 0 Å². The highest BCUT2D eigenvalue weighted by Gasteiger charge is 2.29. The third-order valence-corrected chi connectivity index (χ3v) is 5.95. The molecule has 1 fully saturated rings. The lowest BCUT2D eigenvalue weighted by atomic mass is 10.1. The lowest BCUT2D eigenvalue weighted by Gasteiger charge is -2.17. The minimum atomic E-state index is -0.472. The van der Waals surface area contributed by atoms with Crippen LogP contribution in [-0.2, 0) is 0 Å². The third-order valence-electron chi connectivity index (χ3n) is 4.80. The van der Waals surface area contributed by atoms with E-state index in [0.29, 0.717) is 36.7 Å². The Hall–Kier alpha value is -2.78. The van der Waals surface area contributed by atoms with Crippen LogP contribution in [0.1, 0.15) is 35.4 Å². The number of nitrogens with zero attached hydrogens (tertiary/aromatic N) is 4. The van der Waals surface area contributed by atoms with Crippen molar-refractivity contribution in [1.29, 1.82) is 0 Å². The Morgan fingerprint density at radius 1 is 1.43 bits per heavy atom. The van der Waals surface area contributed by atoms with E-state index in [-0.39, 0.29) is 11.9 Å². The molecule has 0 bridgehead atoms. The number of β-amino-alcohol motifs (C(OH)–C–C–N with tert-alkyl or cyclic N) is 1. The molecule has 0 aliphatic carbocycles. The maximum Gasteiger partial charge on any atom is 0.274 e. The molecule has 2 atom stereocenters. The van der Waals surface area contributed by atoms with Crippen molar-refractivity contribution >= 4 is 38.4 Å². The number of amides is 1. The number of rotatable bonds is 5. The Bertz CT molecular complexity index is 993. The van der Waals surface area contributed by atoms with Gasteiger partial charge in [0.1, 0.15) is 0 Å². The van der Waals surface area contributed by atoms with E-state index in [1.54, 1.807) is 17.3 Å². The van der Waals surface area contributed by atoms with Gasteiger partial charge in [-0.25, -0.2) is 9.97 Å². The number of nitrogens with one attached hydrogen (secondary N) is 2. The van der Waals surface area contributed by atoms with Gasteiger partial charge in [-0.3, -0.25) is 9.78 Å². The van der Waals surface area contributed by atoms with Crippen molar-refractivity contribution in [1.82, 2.24) is 19.9 Å². The van der Waals surface area contributed by atoms with Crippen molar-refractivity contribution in [3.05, 3.63) is 41.9 Å². The van der Waals surface area contributed by atoms with Crippen molar-refractivity contribution in [2.75, 3.05) is 30.8 Å². The Morgan fingerprint density at radius 2 is 2.29 bits per heavy atom. The van der Waals surface area contributed by atoms with Gasteiger partial charge in [0.15, 0.2) is 5.69 Å². The topological polar surface area (TPSA) is 103 Å². The van der Waals surface area contributed by atoms with Crippen LogP contribution in [0, 0.1) is 0 Å². The largest absolute Gasteiger partial charge is 0.391 e. The quantitative estimate of drug-likeness (QED) is 0.607. The SMILES string of the molecule is CNc1cc2nc(NC(C)c3cccnc3)nc(C(=O)N3CC[C@H](O)C3)c2s1. The molecule has 1 saturated heterocycles. The zero-order valence-electron chi connectivity index (χ0n) is 15.7. The van der Waals surface area contributed by atoms with E-state index in [0.717, 1.165) is 15.3 Å². The summed E-state index contributed by atoms with van der Waals surface area (Å²) in [5.74, 6) is 0.220. The molecule has 3 aromatic heterocycles. The summed E-state index contributed by atoms with van der Waals surface area (Å²) in [5.41, 5.74) is 2.09. The number of pyridine rings is 1. The van der Waals surface area contributed by atoms with Crippen molar-refractivity contribution in [3.8, 4) is 0 Å². The van der Waals surface area contributed by atoms with Crippen molar-refractivity contribution in [2.45, 2.75) is 25.5 Å². The summed E-state index contributed by atoms with van der Waals surface area (Å²) in [6, 6.07) is 5.70. The van der Waals surface area contributed by atoms with Crippen molar-refractivity contribution < 1.29 is 9.90 Å². The van der Waals surface area contributed by atoms with Crippen LogP contribution in [0.25, 0.3) is 10.2 Å². The van der Waals surface area contributed by atoms with E-state index in [1.165, 1.54) is 11.3 Å². The molecule has 3 N–H and O–H groups in total. The summed E-state index contributed by atoms with van der Waals surface area (Å²) in [6.07, 6.45) is 3.64. The van der Waals surface area contributed by atoms with Crippen LogP contribution >= 0.6 is 11.3 Å². The first-order chi connectivity index (χ1) is 13.5. The highest BCUT2D eigenvalue weighted by molar-refractivity contribution is 7.23. The molecule has 146 valence electrons. The Kier molecular flexibility index (Phi) is 5.10. The monoisotopic (exact) mass is 398 g/mol. The average molecular weight is 398 g/mol. The maximum atomic E-state index is 13.1. The van der Waals surface area contributed by atoms with E-state index < -0.39 is 6.10 Å². The van der Waals surface area contributed by atoms with Crippen LogP contribution in [-0.4, -0.2) is 57.1 Å². The van der Waals surface area contributed by atoms with E-state index in [2.05, 4.69) is 25.6 Å². The first-order valence-corrected chi connectivity index (χ1v) is 10.00. The first kappa shape index (κ1) is 18.6. The van der Waals surface area contributed by atoms with Gasteiger partial charge in [-0.15, -0.1) is 11.3 Å². The molecule has 1 aliphatic heterocycles. The Morgan fingerprint density at radius 3 is 2.96 bits per heavy atom. The number of thiophene rings is 1. The number of carbonyl (C=O) groups is 1. The predicted octanol–water partition coefficient (Wildman–Crippen LogP) is 2.51. The molecule has 8 nitrogen and oxygen atoms in total. The van der Waals surface area contributed by atoms with E-state index in [4.69, 9.17) is 0 Å². The normalized spacial score (nSPS) is 17.7. The van der Waals surface area contributed by atoms with E-state index >= 15 is 0 Å². The molecule has 4 rings (SSSR count). The summed E-state index contributed by atoms with van der Waals surface area (Å²) >= 11 is 1.45. The fourth-order valence-corrected chi connectivity index (χ4v) is 4.18. The molecule has 1 aliphatic rings. The van der Waals surface area contributed by atoms with Crippen molar-refractivity contribution in [3.63, 3.8) is 0 Å². The molecule has 9 heteroatoms. The van der Waals surface area contributed by atoms with E-state index in [1.807, 2.05) is 32.2 Å². The van der Waals surface area contributed by atoms with Crippen LogP contribution in [0.3, 0.4) is 0 Å². The molecule has 1 amide bonds. The highest BCUT2D eigenvalue weighted by atomic mass is 32.1. The zero-order chi connectivity index (χ0) is 19.7. The third kappa shape index (κ3) is 3.63. The molecular weight excluding hydrogens is 376 g/mol.